The van der Waals surface area contributed by atoms with E-state index in [9.17, 15) is 0 Å². The van der Waals surface area contributed by atoms with Crippen LogP contribution in [0.4, 0.5) is 0 Å². The van der Waals surface area contributed by atoms with Gasteiger partial charge in [-0.3, -0.25) is 0 Å². The Morgan fingerprint density at radius 3 is 2.74 bits per heavy atom. The summed E-state index contributed by atoms with van der Waals surface area (Å²) in [5.74, 6) is 0. The second-order valence-corrected chi connectivity index (χ2v) is 6.45. The molecule has 2 heterocycles. The lowest BCUT2D eigenvalue weighted by molar-refractivity contribution is 0.0755. The zero-order valence-electron chi connectivity index (χ0n) is 11.6. The Balaban J connectivity index is 1.80. The summed E-state index contributed by atoms with van der Waals surface area (Å²) in [6, 6.07) is 9.73. The van der Waals surface area contributed by atoms with E-state index in [1.807, 2.05) is 11.3 Å². The molecule has 1 aromatic heterocycles. The van der Waals surface area contributed by atoms with Gasteiger partial charge in [-0.05, 0) is 43.7 Å². The third kappa shape index (κ3) is 2.69. The Labute approximate surface area is 118 Å². The molecule has 0 aliphatic carbocycles. The maximum atomic E-state index is 5.42. The van der Waals surface area contributed by atoms with Crippen molar-refractivity contribution >= 4 is 21.4 Å². The van der Waals surface area contributed by atoms with E-state index >= 15 is 0 Å². The molecule has 0 bridgehead atoms. The fourth-order valence-corrected chi connectivity index (χ4v) is 4.12. The summed E-state index contributed by atoms with van der Waals surface area (Å²) in [7, 11) is 0. The minimum Gasteiger partial charge on any atom is -0.381 e. The van der Waals surface area contributed by atoms with Gasteiger partial charge in [0.25, 0.3) is 0 Å². The van der Waals surface area contributed by atoms with Crippen molar-refractivity contribution in [2.45, 2.75) is 38.8 Å². The highest BCUT2D eigenvalue weighted by atomic mass is 32.1. The summed E-state index contributed by atoms with van der Waals surface area (Å²) in [5, 5.41) is 5.17. The Morgan fingerprint density at radius 2 is 2.00 bits per heavy atom. The quantitative estimate of drug-likeness (QED) is 0.913. The molecule has 1 fully saturated rings. The van der Waals surface area contributed by atoms with Crippen LogP contribution < -0.4 is 5.32 Å². The van der Waals surface area contributed by atoms with Crippen LogP contribution in [0.2, 0.25) is 0 Å². The largest absolute Gasteiger partial charge is 0.381 e. The molecule has 3 heteroatoms. The minimum absolute atomic E-state index is 0.431. The summed E-state index contributed by atoms with van der Waals surface area (Å²) in [6.07, 6.45) is 2.27. The summed E-state index contributed by atoms with van der Waals surface area (Å²) >= 11 is 1.93. The van der Waals surface area contributed by atoms with Gasteiger partial charge < -0.3 is 10.1 Å². The fraction of sp³-hybridized carbons (Fsp3) is 0.500. The first-order chi connectivity index (χ1) is 9.25. The first-order valence-electron chi connectivity index (χ1n) is 7.07. The molecule has 3 rings (SSSR count). The van der Waals surface area contributed by atoms with Crippen LogP contribution in [0.3, 0.4) is 0 Å². The number of aryl methyl sites for hydroxylation is 1. The fourth-order valence-electron chi connectivity index (χ4n) is 2.90. The standard InChI is InChI=1S/C16H21NOS/c1-11-14-5-3-4-6-15(14)19-16(11)12(2)17-13-7-9-18-10-8-13/h3-6,12-13,17H,7-10H2,1-2H3. The van der Waals surface area contributed by atoms with Crippen molar-refractivity contribution in [2.75, 3.05) is 13.2 Å². The number of hydrogen-bond acceptors (Lipinski definition) is 3. The summed E-state index contributed by atoms with van der Waals surface area (Å²) in [5.41, 5.74) is 1.44. The lowest BCUT2D eigenvalue weighted by Gasteiger charge is -2.26. The lowest BCUT2D eigenvalue weighted by Crippen LogP contribution is -2.36. The summed E-state index contributed by atoms with van der Waals surface area (Å²) in [4.78, 5) is 1.48. The lowest BCUT2D eigenvalue weighted by atomic mass is 10.1. The van der Waals surface area contributed by atoms with E-state index in [2.05, 4.69) is 43.4 Å². The Morgan fingerprint density at radius 1 is 1.26 bits per heavy atom. The molecule has 1 N–H and O–H groups in total. The maximum Gasteiger partial charge on any atom is 0.0480 e. The second-order valence-electron chi connectivity index (χ2n) is 5.36. The molecule has 0 amide bonds. The Bertz CT molecular complexity index is 557. The van der Waals surface area contributed by atoms with E-state index in [0.29, 0.717) is 12.1 Å². The first kappa shape index (κ1) is 13.1. The van der Waals surface area contributed by atoms with Gasteiger partial charge in [0.05, 0.1) is 0 Å². The molecule has 1 aromatic carbocycles. The Kier molecular flexibility index (Phi) is 3.87. The van der Waals surface area contributed by atoms with Crippen LogP contribution in [0.1, 0.15) is 36.2 Å². The van der Waals surface area contributed by atoms with Crippen molar-refractivity contribution in [3.8, 4) is 0 Å². The smallest absolute Gasteiger partial charge is 0.0480 e. The number of hydrogen-bond donors (Lipinski definition) is 1. The number of nitrogens with one attached hydrogen (secondary N) is 1. The Hall–Kier alpha value is -0.900. The average Bonchev–Trinajstić information content (AvgIpc) is 2.78. The number of benzene rings is 1. The summed E-state index contributed by atoms with van der Waals surface area (Å²) < 4.78 is 6.82. The topological polar surface area (TPSA) is 21.3 Å². The summed E-state index contributed by atoms with van der Waals surface area (Å²) in [6.45, 7) is 6.33. The van der Waals surface area contributed by atoms with Gasteiger partial charge in [-0.15, -0.1) is 11.3 Å². The predicted octanol–water partition coefficient (Wildman–Crippen LogP) is 4.04. The van der Waals surface area contributed by atoms with Crippen molar-refractivity contribution in [2.24, 2.45) is 0 Å². The molecule has 19 heavy (non-hydrogen) atoms. The molecule has 0 saturated carbocycles. The first-order valence-corrected chi connectivity index (χ1v) is 7.89. The molecular weight excluding hydrogens is 254 g/mol. The van der Waals surface area contributed by atoms with Crippen molar-refractivity contribution in [1.29, 1.82) is 0 Å². The van der Waals surface area contributed by atoms with E-state index in [-0.39, 0.29) is 0 Å². The highest BCUT2D eigenvalue weighted by Crippen LogP contribution is 2.34. The zero-order chi connectivity index (χ0) is 13.2. The van der Waals surface area contributed by atoms with Gasteiger partial charge in [-0.1, -0.05) is 18.2 Å². The van der Waals surface area contributed by atoms with Gasteiger partial charge in [0.2, 0.25) is 0 Å². The van der Waals surface area contributed by atoms with E-state index in [1.165, 1.54) is 20.5 Å². The molecule has 1 saturated heterocycles. The van der Waals surface area contributed by atoms with E-state index in [1.54, 1.807) is 0 Å². The molecule has 2 nitrogen and oxygen atoms in total. The molecule has 102 valence electrons. The average molecular weight is 275 g/mol. The van der Waals surface area contributed by atoms with E-state index in [4.69, 9.17) is 4.74 Å². The molecule has 1 aliphatic rings. The van der Waals surface area contributed by atoms with Gasteiger partial charge in [-0.25, -0.2) is 0 Å². The normalized spacial score (nSPS) is 18.8. The minimum atomic E-state index is 0.431. The molecular formula is C16H21NOS. The van der Waals surface area contributed by atoms with Crippen LogP contribution in [-0.2, 0) is 4.74 Å². The van der Waals surface area contributed by atoms with Gasteiger partial charge in [-0.2, -0.15) is 0 Å². The van der Waals surface area contributed by atoms with Crippen LogP contribution >= 0.6 is 11.3 Å². The second kappa shape index (κ2) is 5.61. The number of thiophene rings is 1. The molecule has 1 aliphatic heterocycles. The number of ether oxygens (including phenoxy) is 1. The molecule has 2 aromatic rings. The van der Waals surface area contributed by atoms with Gasteiger partial charge in [0.1, 0.15) is 0 Å². The van der Waals surface area contributed by atoms with Crippen molar-refractivity contribution < 1.29 is 4.74 Å². The van der Waals surface area contributed by atoms with Gasteiger partial charge in [0, 0.05) is 34.9 Å². The predicted molar refractivity (Wildman–Crippen MR) is 82.0 cm³/mol. The zero-order valence-corrected chi connectivity index (χ0v) is 12.4. The maximum absolute atomic E-state index is 5.42. The molecule has 0 radical (unpaired) electrons. The van der Waals surface area contributed by atoms with Crippen LogP contribution in [0.5, 0.6) is 0 Å². The van der Waals surface area contributed by atoms with Crippen LogP contribution in [0, 0.1) is 6.92 Å². The third-order valence-corrected chi connectivity index (χ3v) is 5.44. The molecule has 0 spiro atoms. The van der Waals surface area contributed by atoms with Gasteiger partial charge in [0.15, 0.2) is 0 Å². The number of fused-ring (bicyclic) bond motifs is 1. The number of rotatable bonds is 3. The highest BCUT2D eigenvalue weighted by Gasteiger charge is 2.19. The SMILES string of the molecule is Cc1c(C(C)NC2CCOCC2)sc2ccccc12. The van der Waals surface area contributed by atoms with E-state index < -0.39 is 0 Å². The monoisotopic (exact) mass is 275 g/mol. The van der Waals surface area contributed by atoms with Crippen LogP contribution in [-0.4, -0.2) is 19.3 Å². The molecule has 1 unspecified atom stereocenters. The van der Waals surface area contributed by atoms with Crippen molar-refractivity contribution in [1.82, 2.24) is 5.32 Å². The van der Waals surface area contributed by atoms with Crippen molar-refractivity contribution in [3.63, 3.8) is 0 Å². The van der Waals surface area contributed by atoms with Gasteiger partial charge >= 0.3 is 0 Å². The van der Waals surface area contributed by atoms with E-state index in [0.717, 1.165) is 26.1 Å². The van der Waals surface area contributed by atoms with Crippen LogP contribution in [0.25, 0.3) is 10.1 Å². The van der Waals surface area contributed by atoms with Crippen LogP contribution in [0.15, 0.2) is 24.3 Å². The molecule has 1 atom stereocenters. The third-order valence-electron chi connectivity index (χ3n) is 3.98. The van der Waals surface area contributed by atoms with Crippen molar-refractivity contribution in [3.05, 3.63) is 34.7 Å². The highest BCUT2D eigenvalue weighted by molar-refractivity contribution is 7.19.